The van der Waals surface area contributed by atoms with E-state index in [2.05, 4.69) is 13.0 Å². The van der Waals surface area contributed by atoms with Crippen molar-refractivity contribution in [3.8, 4) is 0 Å². The number of hydrogen-bond acceptors (Lipinski definition) is 6. The summed E-state index contributed by atoms with van der Waals surface area (Å²) in [5.41, 5.74) is 1.36. The van der Waals surface area contributed by atoms with E-state index in [1.54, 1.807) is 0 Å². The van der Waals surface area contributed by atoms with Gasteiger partial charge in [-0.2, -0.15) is 0 Å². The molecular formula is C24H40O6. The Kier molecular flexibility index (Phi) is 9.17. The SMILES string of the molecule is CCC(O)C(CCC1OCCCC1=CCCC(CC(C)C1CO1)C1CO1)OC(C)=O. The van der Waals surface area contributed by atoms with Gasteiger partial charge < -0.3 is 24.1 Å². The van der Waals surface area contributed by atoms with Crippen molar-refractivity contribution in [2.75, 3.05) is 19.8 Å². The number of aliphatic hydroxyl groups excluding tert-OH is 1. The molecule has 3 rings (SSSR count). The van der Waals surface area contributed by atoms with Crippen molar-refractivity contribution in [2.45, 2.75) is 103 Å². The molecule has 1 N–H and O–H groups in total. The monoisotopic (exact) mass is 424 g/mol. The number of ether oxygens (including phenoxy) is 4. The van der Waals surface area contributed by atoms with Gasteiger partial charge in [0, 0.05) is 13.5 Å². The van der Waals surface area contributed by atoms with Crippen LogP contribution in [-0.4, -0.2) is 61.4 Å². The Bertz CT molecular complexity index is 568. The van der Waals surface area contributed by atoms with Crippen molar-refractivity contribution in [1.82, 2.24) is 0 Å². The molecule has 0 aromatic carbocycles. The van der Waals surface area contributed by atoms with E-state index in [9.17, 15) is 9.90 Å². The predicted octanol–water partition coefficient (Wildman–Crippen LogP) is 3.79. The Morgan fingerprint density at radius 2 is 1.97 bits per heavy atom. The number of carbonyl (C=O) groups is 1. The van der Waals surface area contributed by atoms with E-state index in [4.69, 9.17) is 18.9 Å². The summed E-state index contributed by atoms with van der Waals surface area (Å²) in [7, 11) is 0. The minimum atomic E-state index is -0.623. The van der Waals surface area contributed by atoms with Crippen LogP contribution in [0.25, 0.3) is 0 Å². The van der Waals surface area contributed by atoms with Crippen LogP contribution in [0.2, 0.25) is 0 Å². The third kappa shape index (κ3) is 7.63. The van der Waals surface area contributed by atoms with Gasteiger partial charge in [0.05, 0.1) is 37.6 Å². The third-order valence-corrected chi connectivity index (χ3v) is 6.72. The molecule has 0 aromatic rings. The highest BCUT2D eigenvalue weighted by Gasteiger charge is 2.37. The van der Waals surface area contributed by atoms with Crippen LogP contribution in [0.3, 0.4) is 0 Å². The summed E-state index contributed by atoms with van der Waals surface area (Å²) in [6.07, 6.45) is 9.69. The van der Waals surface area contributed by atoms with Crippen molar-refractivity contribution in [3.05, 3.63) is 11.6 Å². The fourth-order valence-electron chi connectivity index (χ4n) is 4.67. The average Bonchev–Trinajstić information content (AvgIpc) is 3.63. The first kappa shape index (κ1) is 23.7. The maximum Gasteiger partial charge on any atom is 0.302 e. The van der Waals surface area contributed by atoms with Crippen molar-refractivity contribution < 1.29 is 28.8 Å². The Morgan fingerprint density at radius 1 is 1.23 bits per heavy atom. The second-order valence-corrected chi connectivity index (χ2v) is 9.24. The first-order valence-corrected chi connectivity index (χ1v) is 11.9. The van der Waals surface area contributed by atoms with Gasteiger partial charge in [0.2, 0.25) is 0 Å². The molecule has 0 radical (unpaired) electrons. The minimum Gasteiger partial charge on any atom is -0.460 e. The molecule has 172 valence electrons. The quantitative estimate of drug-likeness (QED) is 0.275. The van der Waals surface area contributed by atoms with Crippen LogP contribution < -0.4 is 0 Å². The molecule has 7 unspecified atom stereocenters. The van der Waals surface area contributed by atoms with Crippen molar-refractivity contribution in [2.24, 2.45) is 11.8 Å². The summed E-state index contributed by atoms with van der Waals surface area (Å²) in [5, 5.41) is 10.2. The fraction of sp³-hybridized carbons (Fsp3) is 0.875. The number of epoxide rings is 2. The highest BCUT2D eigenvalue weighted by molar-refractivity contribution is 5.66. The zero-order valence-electron chi connectivity index (χ0n) is 18.9. The number of allylic oxidation sites excluding steroid dienone is 1. The van der Waals surface area contributed by atoms with Crippen LogP contribution in [-0.2, 0) is 23.7 Å². The predicted molar refractivity (Wildman–Crippen MR) is 114 cm³/mol. The smallest absolute Gasteiger partial charge is 0.302 e. The Labute approximate surface area is 181 Å². The van der Waals surface area contributed by atoms with Crippen LogP contribution in [0.4, 0.5) is 0 Å². The lowest BCUT2D eigenvalue weighted by Gasteiger charge is -2.29. The van der Waals surface area contributed by atoms with Gasteiger partial charge in [0.15, 0.2) is 0 Å². The van der Waals surface area contributed by atoms with E-state index in [1.165, 1.54) is 18.9 Å². The maximum absolute atomic E-state index is 11.4. The Morgan fingerprint density at radius 3 is 2.60 bits per heavy atom. The Balaban J connectivity index is 1.49. The van der Waals surface area contributed by atoms with Crippen LogP contribution in [0, 0.1) is 11.8 Å². The molecule has 3 saturated heterocycles. The summed E-state index contributed by atoms with van der Waals surface area (Å²) in [6, 6.07) is 0. The van der Waals surface area contributed by atoms with E-state index in [1.807, 2.05) is 6.92 Å². The molecule has 6 heteroatoms. The molecule has 3 fully saturated rings. The van der Waals surface area contributed by atoms with E-state index >= 15 is 0 Å². The molecule has 7 atom stereocenters. The van der Waals surface area contributed by atoms with Gasteiger partial charge >= 0.3 is 5.97 Å². The van der Waals surface area contributed by atoms with Crippen LogP contribution in [0.5, 0.6) is 0 Å². The lowest BCUT2D eigenvalue weighted by atomic mass is 9.87. The van der Waals surface area contributed by atoms with Gasteiger partial charge in [-0.15, -0.1) is 0 Å². The molecule has 0 aromatic heterocycles. The molecule has 3 aliphatic heterocycles. The van der Waals surface area contributed by atoms with Gasteiger partial charge in [0.1, 0.15) is 6.10 Å². The lowest BCUT2D eigenvalue weighted by molar-refractivity contribution is -0.153. The maximum atomic E-state index is 11.4. The summed E-state index contributed by atoms with van der Waals surface area (Å²) < 4.78 is 22.5. The van der Waals surface area contributed by atoms with Crippen LogP contribution >= 0.6 is 0 Å². The summed E-state index contributed by atoms with van der Waals surface area (Å²) in [6.45, 7) is 8.19. The highest BCUT2D eigenvalue weighted by Crippen LogP contribution is 2.35. The average molecular weight is 425 g/mol. The number of rotatable bonds is 13. The molecule has 3 aliphatic rings. The number of carbonyl (C=O) groups excluding carboxylic acids is 1. The van der Waals surface area contributed by atoms with Crippen LogP contribution in [0.1, 0.15) is 72.1 Å². The summed E-state index contributed by atoms with van der Waals surface area (Å²) in [4.78, 5) is 11.4. The standard InChI is InChI=1S/C24H40O6/c1-4-20(26)22(30-17(3)25)11-10-21-18(9-6-12-27-21)7-5-8-19(24-15-29-24)13-16(2)23-14-28-23/h7,16,19-24,26H,4-6,8-15H2,1-3H3. The van der Waals surface area contributed by atoms with Gasteiger partial charge in [-0.1, -0.05) is 19.9 Å². The molecule has 6 nitrogen and oxygen atoms in total. The first-order valence-electron chi connectivity index (χ1n) is 11.9. The van der Waals surface area contributed by atoms with Gasteiger partial charge in [-0.3, -0.25) is 4.79 Å². The minimum absolute atomic E-state index is 0.0651. The second kappa shape index (κ2) is 11.6. The molecule has 0 aliphatic carbocycles. The van der Waals surface area contributed by atoms with Crippen molar-refractivity contribution in [1.29, 1.82) is 0 Å². The zero-order valence-corrected chi connectivity index (χ0v) is 18.9. The first-order chi connectivity index (χ1) is 14.5. The Hall–Kier alpha value is -0.950. The zero-order chi connectivity index (χ0) is 21.5. The topological polar surface area (TPSA) is 80.8 Å². The van der Waals surface area contributed by atoms with E-state index < -0.39 is 12.2 Å². The van der Waals surface area contributed by atoms with Gasteiger partial charge in [-0.25, -0.2) is 0 Å². The normalized spacial score (nSPS) is 31.1. The lowest BCUT2D eigenvalue weighted by Crippen LogP contribution is -2.32. The molecule has 30 heavy (non-hydrogen) atoms. The second-order valence-electron chi connectivity index (χ2n) is 9.24. The molecule has 0 bridgehead atoms. The molecule has 0 saturated carbocycles. The van der Waals surface area contributed by atoms with Crippen LogP contribution in [0.15, 0.2) is 11.6 Å². The summed E-state index contributed by atoms with van der Waals surface area (Å²) >= 11 is 0. The molecule has 0 amide bonds. The highest BCUT2D eigenvalue weighted by atomic mass is 16.6. The largest absolute Gasteiger partial charge is 0.460 e. The van der Waals surface area contributed by atoms with E-state index in [-0.39, 0.29) is 12.1 Å². The summed E-state index contributed by atoms with van der Waals surface area (Å²) in [5.74, 6) is 0.880. The molecule has 0 spiro atoms. The van der Waals surface area contributed by atoms with Gasteiger partial charge in [-0.05, 0) is 68.8 Å². The van der Waals surface area contributed by atoms with E-state index in [0.29, 0.717) is 36.9 Å². The van der Waals surface area contributed by atoms with Gasteiger partial charge in [0.25, 0.3) is 0 Å². The molecular weight excluding hydrogens is 384 g/mol. The number of hydrogen-bond donors (Lipinski definition) is 1. The van der Waals surface area contributed by atoms with E-state index in [0.717, 1.165) is 51.9 Å². The fourth-order valence-corrected chi connectivity index (χ4v) is 4.67. The van der Waals surface area contributed by atoms with Crippen molar-refractivity contribution >= 4 is 5.97 Å². The number of aliphatic hydroxyl groups is 1. The third-order valence-electron chi connectivity index (χ3n) is 6.72. The molecule has 3 heterocycles. The number of esters is 1. The van der Waals surface area contributed by atoms with Crippen molar-refractivity contribution in [3.63, 3.8) is 0 Å².